The molecule has 1 aromatic carbocycles. The zero-order chi connectivity index (χ0) is 13.7. The topological polar surface area (TPSA) is 32.3 Å². The second-order valence-corrected chi connectivity index (χ2v) is 6.05. The lowest BCUT2D eigenvalue weighted by Crippen LogP contribution is -2.41. The number of aliphatic hydroxyl groups excluding tert-OH is 1. The number of hydrogen-bond acceptors (Lipinski definition) is 2. The Kier molecular flexibility index (Phi) is 5.41. The molecule has 2 N–H and O–H groups in total. The Morgan fingerprint density at radius 2 is 1.74 bits per heavy atom. The van der Waals surface area contributed by atoms with E-state index in [9.17, 15) is 5.11 Å². The Balaban J connectivity index is 1.83. The second kappa shape index (κ2) is 7.06. The van der Waals surface area contributed by atoms with E-state index in [0.29, 0.717) is 30.5 Å². The number of hydrogen-bond donors (Lipinski definition) is 2. The predicted octanol–water partition coefficient (Wildman–Crippen LogP) is 3.32. The molecule has 1 fully saturated rings. The van der Waals surface area contributed by atoms with Crippen molar-refractivity contribution in [3.8, 4) is 0 Å². The molecule has 2 nitrogen and oxygen atoms in total. The van der Waals surface area contributed by atoms with Gasteiger partial charge >= 0.3 is 0 Å². The lowest BCUT2D eigenvalue weighted by molar-refractivity contribution is 0.171. The molecular weight excluding hydrogens is 234 g/mol. The van der Waals surface area contributed by atoms with Crippen LogP contribution in [0.15, 0.2) is 30.3 Å². The minimum atomic E-state index is 0.364. The average Bonchev–Trinajstić information content (AvgIpc) is 2.48. The zero-order valence-corrected chi connectivity index (χ0v) is 12.2. The van der Waals surface area contributed by atoms with Crippen molar-refractivity contribution < 1.29 is 5.11 Å². The molecule has 2 heteroatoms. The highest BCUT2D eigenvalue weighted by Crippen LogP contribution is 2.26. The monoisotopic (exact) mass is 261 g/mol. The molecule has 0 amide bonds. The molecule has 2 rings (SSSR count). The summed E-state index contributed by atoms with van der Waals surface area (Å²) in [6, 6.07) is 11.9. The third-order valence-corrected chi connectivity index (χ3v) is 4.68. The Hall–Kier alpha value is -0.860. The van der Waals surface area contributed by atoms with Crippen LogP contribution in [0.4, 0.5) is 0 Å². The molecule has 1 aliphatic carbocycles. The van der Waals surface area contributed by atoms with Crippen LogP contribution >= 0.6 is 0 Å². The first kappa shape index (κ1) is 14.5. The minimum Gasteiger partial charge on any atom is -0.396 e. The standard InChI is InChI=1S/C17H27NO/c1-13(16-6-4-3-5-7-16)14(2)18-17-10-8-15(12-19)9-11-17/h3-7,13-15,17-19H,8-12H2,1-2H3. The van der Waals surface area contributed by atoms with Gasteiger partial charge in [-0.05, 0) is 50.0 Å². The van der Waals surface area contributed by atoms with Gasteiger partial charge in [0.1, 0.15) is 0 Å². The Bertz CT molecular complexity index is 357. The van der Waals surface area contributed by atoms with Gasteiger partial charge in [-0.2, -0.15) is 0 Å². The summed E-state index contributed by atoms with van der Waals surface area (Å²) >= 11 is 0. The molecule has 106 valence electrons. The van der Waals surface area contributed by atoms with Crippen molar-refractivity contribution in [3.05, 3.63) is 35.9 Å². The van der Waals surface area contributed by atoms with Gasteiger partial charge in [0.2, 0.25) is 0 Å². The highest BCUT2D eigenvalue weighted by molar-refractivity contribution is 5.20. The maximum absolute atomic E-state index is 9.18. The molecule has 2 unspecified atom stereocenters. The molecule has 19 heavy (non-hydrogen) atoms. The van der Waals surface area contributed by atoms with Crippen LogP contribution in [-0.2, 0) is 0 Å². The Morgan fingerprint density at radius 3 is 2.32 bits per heavy atom. The maximum atomic E-state index is 9.18. The predicted molar refractivity (Wildman–Crippen MR) is 80.3 cm³/mol. The first-order valence-corrected chi connectivity index (χ1v) is 7.62. The summed E-state index contributed by atoms with van der Waals surface area (Å²) in [5.41, 5.74) is 1.41. The number of aliphatic hydroxyl groups is 1. The van der Waals surface area contributed by atoms with Crippen molar-refractivity contribution in [3.63, 3.8) is 0 Å². The Morgan fingerprint density at radius 1 is 1.11 bits per heavy atom. The zero-order valence-electron chi connectivity index (χ0n) is 12.2. The van der Waals surface area contributed by atoms with Gasteiger partial charge in [-0.1, -0.05) is 37.3 Å². The quantitative estimate of drug-likeness (QED) is 0.852. The molecule has 1 saturated carbocycles. The van der Waals surface area contributed by atoms with Crippen LogP contribution in [0.25, 0.3) is 0 Å². The maximum Gasteiger partial charge on any atom is 0.0459 e. The summed E-state index contributed by atoms with van der Waals surface area (Å²) in [6.45, 7) is 4.95. The van der Waals surface area contributed by atoms with Gasteiger partial charge in [0.15, 0.2) is 0 Å². The fourth-order valence-electron chi connectivity index (χ4n) is 3.07. The van der Waals surface area contributed by atoms with Gasteiger partial charge < -0.3 is 10.4 Å². The summed E-state index contributed by atoms with van der Waals surface area (Å²) in [7, 11) is 0. The average molecular weight is 261 g/mol. The van der Waals surface area contributed by atoms with Crippen LogP contribution in [0.2, 0.25) is 0 Å². The molecule has 2 atom stereocenters. The summed E-state index contributed by atoms with van der Waals surface area (Å²) in [6.07, 6.45) is 4.75. The molecule has 0 spiro atoms. The van der Waals surface area contributed by atoms with Crippen LogP contribution in [0.5, 0.6) is 0 Å². The van der Waals surface area contributed by atoms with Crippen LogP contribution in [0.1, 0.15) is 51.0 Å². The van der Waals surface area contributed by atoms with E-state index in [4.69, 9.17) is 0 Å². The summed E-state index contributed by atoms with van der Waals surface area (Å²) in [5, 5.41) is 13.0. The Labute approximate surface area is 117 Å². The van der Waals surface area contributed by atoms with Crippen LogP contribution in [0.3, 0.4) is 0 Å². The van der Waals surface area contributed by atoms with E-state index in [2.05, 4.69) is 49.5 Å². The van der Waals surface area contributed by atoms with Gasteiger partial charge in [-0.3, -0.25) is 0 Å². The van der Waals surface area contributed by atoms with E-state index in [-0.39, 0.29) is 0 Å². The van der Waals surface area contributed by atoms with Crippen molar-refractivity contribution in [1.29, 1.82) is 0 Å². The van der Waals surface area contributed by atoms with E-state index in [1.807, 2.05) is 0 Å². The largest absolute Gasteiger partial charge is 0.396 e. The molecular formula is C17H27NO. The third kappa shape index (κ3) is 4.05. The molecule has 0 radical (unpaired) electrons. The van der Waals surface area contributed by atoms with Gasteiger partial charge in [0.25, 0.3) is 0 Å². The number of nitrogens with one attached hydrogen (secondary N) is 1. The molecule has 0 aliphatic heterocycles. The van der Waals surface area contributed by atoms with E-state index in [1.165, 1.54) is 31.2 Å². The normalized spacial score (nSPS) is 26.9. The van der Waals surface area contributed by atoms with Crippen LogP contribution in [0, 0.1) is 5.92 Å². The number of benzene rings is 1. The fourth-order valence-corrected chi connectivity index (χ4v) is 3.07. The van der Waals surface area contributed by atoms with Gasteiger partial charge in [-0.15, -0.1) is 0 Å². The van der Waals surface area contributed by atoms with E-state index in [1.54, 1.807) is 0 Å². The first-order chi connectivity index (χ1) is 9.20. The molecule has 0 bridgehead atoms. The van der Waals surface area contributed by atoms with Crippen molar-refractivity contribution >= 4 is 0 Å². The molecule has 1 aliphatic rings. The van der Waals surface area contributed by atoms with Crippen molar-refractivity contribution in [2.75, 3.05) is 6.61 Å². The minimum absolute atomic E-state index is 0.364. The van der Waals surface area contributed by atoms with Gasteiger partial charge in [-0.25, -0.2) is 0 Å². The van der Waals surface area contributed by atoms with Crippen molar-refractivity contribution in [1.82, 2.24) is 5.32 Å². The van der Waals surface area contributed by atoms with Gasteiger partial charge in [0, 0.05) is 18.7 Å². The molecule has 0 aromatic heterocycles. The molecule has 1 aromatic rings. The summed E-state index contributed by atoms with van der Waals surface area (Å²) in [5.74, 6) is 1.08. The number of rotatable bonds is 5. The first-order valence-electron chi connectivity index (χ1n) is 7.62. The molecule has 0 saturated heterocycles. The highest BCUT2D eigenvalue weighted by Gasteiger charge is 2.23. The SMILES string of the molecule is CC(NC1CCC(CO)CC1)C(C)c1ccccc1. The van der Waals surface area contributed by atoms with Crippen molar-refractivity contribution in [2.24, 2.45) is 5.92 Å². The second-order valence-electron chi connectivity index (χ2n) is 6.05. The smallest absolute Gasteiger partial charge is 0.0459 e. The summed E-state index contributed by atoms with van der Waals surface area (Å²) < 4.78 is 0. The van der Waals surface area contributed by atoms with Crippen molar-refractivity contribution in [2.45, 2.75) is 57.5 Å². The van der Waals surface area contributed by atoms with Gasteiger partial charge in [0.05, 0.1) is 0 Å². The van der Waals surface area contributed by atoms with E-state index >= 15 is 0 Å². The summed E-state index contributed by atoms with van der Waals surface area (Å²) in [4.78, 5) is 0. The van der Waals surface area contributed by atoms with E-state index in [0.717, 1.165) is 0 Å². The van der Waals surface area contributed by atoms with Crippen LogP contribution in [-0.4, -0.2) is 23.8 Å². The van der Waals surface area contributed by atoms with Crippen LogP contribution < -0.4 is 5.32 Å². The lowest BCUT2D eigenvalue weighted by atomic mass is 9.85. The molecule has 0 heterocycles. The highest BCUT2D eigenvalue weighted by atomic mass is 16.3. The lowest BCUT2D eigenvalue weighted by Gasteiger charge is -2.32. The fraction of sp³-hybridized carbons (Fsp3) is 0.647. The van der Waals surface area contributed by atoms with E-state index < -0.39 is 0 Å². The third-order valence-electron chi connectivity index (χ3n) is 4.68.